The molecule has 0 saturated carbocycles. The van der Waals surface area contributed by atoms with Crippen molar-refractivity contribution in [2.75, 3.05) is 13.1 Å². The number of hydrogen-bond acceptors (Lipinski definition) is 3. The van der Waals surface area contributed by atoms with Gasteiger partial charge in [0.1, 0.15) is 0 Å². The summed E-state index contributed by atoms with van der Waals surface area (Å²) in [6, 6.07) is 14.6. The molecule has 0 radical (unpaired) electrons. The van der Waals surface area contributed by atoms with E-state index in [2.05, 4.69) is 6.92 Å². The molecule has 3 rings (SSSR count). The first-order valence-corrected chi connectivity index (χ1v) is 9.66. The molecule has 2 aromatic rings. The largest absolute Gasteiger partial charge is 0.339 e. The first-order chi connectivity index (χ1) is 11.5. The summed E-state index contributed by atoms with van der Waals surface area (Å²) < 4.78 is 25.1. The molecule has 0 bridgehead atoms. The molecule has 1 heterocycles. The third-order valence-electron chi connectivity index (χ3n) is 4.54. The van der Waals surface area contributed by atoms with E-state index in [0.717, 1.165) is 25.9 Å². The molecule has 1 amide bonds. The lowest BCUT2D eigenvalue weighted by Crippen LogP contribution is -2.37. The van der Waals surface area contributed by atoms with Crippen LogP contribution in [0.3, 0.4) is 0 Å². The lowest BCUT2D eigenvalue weighted by atomic mass is 9.98. The zero-order chi connectivity index (χ0) is 17.2. The highest BCUT2D eigenvalue weighted by atomic mass is 32.2. The van der Waals surface area contributed by atoms with Crippen molar-refractivity contribution in [3.05, 3.63) is 60.2 Å². The van der Waals surface area contributed by atoms with Crippen molar-refractivity contribution in [1.29, 1.82) is 0 Å². The van der Waals surface area contributed by atoms with E-state index in [1.165, 1.54) is 12.1 Å². The van der Waals surface area contributed by atoms with Crippen molar-refractivity contribution in [2.45, 2.75) is 29.6 Å². The molecule has 1 aliphatic rings. The Morgan fingerprint density at radius 3 is 2.04 bits per heavy atom. The Morgan fingerprint density at radius 1 is 0.917 bits per heavy atom. The quantitative estimate of drug-likeness (QED) is 0.858. The fraction of sp³-hybridized carbons (Fsp3) is 0.316. The molecule has 4 nitrogen and oxygen atoms in total. The fourth-order valence-corrected chi connectivity index (χ4v) is 4.19. The van der Waals surface area contributed by atoms with Gasteiger partial charge < -0.3 is 4.90 Å². The van der Waals surface area contributed by atoms with E-state index in [1.807, 2.05) is 4.90 Å². The summed E-state index contributed by atoms with van der Waals surface area (Å²) >= 11 is 0. The van der Waals surface area contributed by atoms with E-state index in [9.17, 15) is 13.2 Å². The average Bonchev–Trinajstić information content (AvgIpc) is 2.62. The lowest BCUT2D eigenvalue weighted by Gasteiger charge is -2.30. The number of sulfone groups is 1. The molecule has 0 atom stereocenters. The molecule has 5 heteroatoms. The number of benzene rings is 2. The van der Waals surface area contributed by atoms with Gasteiger partial charge in [-0.1, -0.05) is 25.1 Å². The van der Waals surface area contributed by atoms with Gasteiger partial charge in [0.2, 0.25) is 9.84 Å². The Hall–Kier alpha value is -2.14. The summed E-state index contributed by atoms with van der Waals surface area (Å²) in [7, 11) is -3.54. The summed E-state index contributed by atoms with van der Waals surface area (Å²) in [5.41, 5.74) is 0.538. The minimum absolute atomic E-state index is 0.0226. The SMILES string of the molecule is CC1CCN(C(=O)c2ccc(S(=O)(=O)c3ccccc3)cc2)CC1. The molecule has 2 aromatic carbocycles. The summed E-state index contributed by atoms with van der Waals surface area (Å²) in [5.74, 6) is 0.637. The van der Waals surface area contributed by atoms with Gasteiger partial charge >= 0.3 is 0 Å². The number of carbonyl (C=O) groups is 1. The van der Waals surface area contributed by atoms with Gasteiger partial charge in [0.05, 0.1) is 9.79 Å². The predicted molar refractivity (Wildman–Crippen MR) is 92.6 cm³/mol. The number of hydrogen-bond donors (Lipinski definition) is 0. The van der Waals surface area contributed by atoms with Crippen LogP contribution in [-0.2, 0) is 9.84 Å². The highest BCUT2D eigenvalue weighted by Crippen LogP contribution is 2.22. The minimum Gasteiger partial charge on any atom is -0.339 e. The number of rotatable bonds is 3. The molecule has 0 spiro atoms. The first kappa shape index (κ1) is 16.7. The summed E-state index contributed by atoms with van der Waals surface area (Å²) in [4.78, 5) is 14.8. The Kier molecular flexibility index (Phi) is 4.71. The summed E-state index contributed by atoms with van der Waals surface area (Å²) in [5, 5.41) is 0. The number of nitrogens with zero attached hydrogens (tertiary/aromatic N) is 1. The van der Waals surface area contributed by atoms with Crippen LogP contribution < -0.4 is 0 Å². The van der Waals surface area contributed by atoms with Crippen LogP contribution in [0.2, 0.25) is 0 Å². The Bertz CT molecular complexity index is 805. The van der Waals surface area contributed by atoms with Crippen LogP contribution >= 0.6 is 0 Å². The maximum atomic E-state index is 12.6. The summed E-state index contributed by atoms with van der Waals surface area (Å²) in [6.45, 7) is 3.74. The molecule has 0 unspecified atom stereocenters. The number of likely N-dealkylation sites (tertiary alicyclic amines) is 1. The second kappa shape index (κ2) is 6.77. The fourth-order valence-electron chi connectivity index (χ4n) is 2.91. The van der Waals surface area contributed by atoms with E-state index in [0.29, 0.717) is 11.5 Å². The average molecular weight is 343 g/mol. The van der Waals surface area contributed by atoms with Gasteiger partial charge in [0.15, 0.2) is 0 Å². The Labute approximate surface area is 143 Å². The molecule has 126 valence electrons. The highest BCUT2D eigenvalue weighted by Gasteiger charge is 2.22. The normalized spacial score (nSPS) is 16.1. The van der Waals surface area contributed by atoms with Crippen molar-refractivity contribution >= 4 is 15.7 Å². The third kappa shape index (κ3) is 3.36. The zero-order valence-electron chi connectivity index (χ0n) is 13.7. The van der Waals surface area contributed by atoms with Crippen LogP contribution in [0, 0.1) is 5.92 Å². The Morgan fingerprint density at radius 2 is 1.46 bits per heavy atom. The van der Waals surface area contributed by atoms with Crippen molar-refractivity contribution in [1.82, 2.24) is 4.90 Å². The van der Waals surface area contributed by atoms with Crippen molar-refractivity contribution in [3.63, 3.8) is 0 Å². The van der Waals surface area contributed by atoms with Crippen LogP contribution in [-0.4, -0.2) is 32.3 Å². The molecule has 1 aliphatic heterocycles. The molecule has 1 fully saturated rings. The summed E-state index contributed by atoms with van der Waals surface area (Å²) in [6.07, 6.45) is 2.04. The van der Waals surface area contributed by atoms with Gasteiger partial charge in [-0.3, -0.25) is 4.79 Å². The van der Waals surface area contributed by atoms with Crippen LogP contribution in [0.15, 0.2) is 64.4 Å². The molecule has 0 N–H and O–H groups in total. The second-order valence-electron chi connectivity index (χ2n) is 6.32. The maximum Gasteiger partial charge on any atom is 0.253 e. The van der Waals surface area contributed by atoms with Crippen molar-refractivity contribution in [3.8, 4) is 0 Å². The standard InChI is InChI=1S/C19H21NO3S/c1-15-11-13-20(14-12-15)19(21)16-7-9-18(10-8-16)24(22,23)17-5-3-2-4-6-17/h2-10,15H,11-14H2,1H3. The van der Waals surface area contributed by atoms with Gasteiger partial charge in [-0.25, -0.2) is 8.42 Å². The zero-order valence-corrected chi connectivity index (χ0v) is 14.5. The third-order valence-corrected chi connectivity index (χ3v) is 6.32. The van der Waals surface area contributed by atoms with Gasteiger partial charge in [0, 0.05) is 18.7 Å². The minimum atomic E-state index is -3.54. The van der Waals surface area contributed by atoms with Gasteiger partial charge in [-0.05, 0) is 55.2 Å². The monoisotopic (exact) mass is 343 g/mol. The number of amides is 1. The van der Waals surface area contributed by atoms with Crippen molar-refractivity contribution in [2.24, 2.45) is 5.92 Å². The molecule has 1 saturated heterocycles. The second-order valence-corrected chi connectivity index (χ2v) is 8.27. The first-order valence-electron chi connectivity index (χ1n) is 8.18. The van der Waals surface area contributed by atoms with Gasteiger partial charge in [-0.15, -0.1) is 0 Å². The smallest absolute Gasteiger partial charge is 0.253 e. The van der Waals surface area contributed by atoms with E-state index in [-0.39, 0.29) is 15.7 Å². The predicted octanol–water partition coefficient (Wildman–Crippen LogP) is 3.39. The van der Waals surface area contributed by atoms with Crippen molar-refractivity contribution < 1.29 is 13.2 Å². The van der Waals surface area contributed by atoms with Crippen LogP contribution in [0.1, 0.15) is 30.1 Å². The van der Waals surface area contributed by atoms with Crippen LogP contribution in [0.5, 0.6) is 0 Å². The van der Waals surface area contributed by atoms with Crippen LogP contribution in [0.25, 0.3) is 0 Å². The van der Waals surface area contributed by atoms with E-state index >= 15 is 0 Å². The molecular formula is C19H21NO3S. The highest BCUT2D eigenvalue weighted by molar-refractivity contribution is 7.91. The van der Waals surface area contributed by atoms with Crippen LogP contribution in [0.4, 0.5) is 0 Å². The van der Waals surface area contributed by atoms with Gasteiger partial charge in [0.25, 0.3) is 5.91 Å². The molecule has 0 aliphatic carbocycles. The van der Waals surface area contributed by atoms with Gasteiger partial charge in [-0.2, -0.15) is 0 Å². The molecular weight excluding hydrogens is 322 g/mol. The Balaban J connectivity index is 1.80. The van der Waals surface area contributed by atoms with E-state index < -0.39 is 9.84 Å². The molecule has 0 aromatic heterocycles. The number of carbonyl (C=O) groups excluding carboxylic acids is 1. The lowest BCUT2D eigenvalue weighted by molar-refractivity contribution is 0.0697. The molecule has 24 heavy (non-hydrogen) atoms. The number of piperidine rings is 1. The topological polar surface area (TPSA) is 54.5 Å². The van der Waals surface area contributed by atoms with E-state index in [1.54, 1.807) is 42.5 Å². The maximum absolute atomic E-state index is 12.6. The van der Waals surface area contributed by atoms with E-state index in [4.69, 9.17) is 0 Å².